The number of amides is 1. The van der Waals surface area contributed by atoms with E-state index in [2.05, 4.69) is 12.2 Å². The summed E-state index contributed by atoms with van der Waals surface area (Å²) in [7, 11) is 3.78. The first-order valence-electron chi connectivity index (χ1n) is 7.18. The Morgan fingerprint density at radius 1 is 1.11 bits per heavy atom. The predicted octanol–water partition coefficient (Wildman–Crippen LogP) is 1.62. The Balaban J connectivity index is 3.57. The van der Waals surface area contributed by atoms with E-state index in [1.807, 2.05) is 14.1 Å². The molecule has 0 aromatic carbocycles. The maximum absolute atomic E-state index is 11.5. The molecule has 112 valence electrons. The molecule has 5 heteroatoms. The molecule has 0 saturated heterocycles. The van der Waals surface area contributed by atoms with Gasteiger partial charge in [0.1, 0.15) is 0 Å². The van der Waals surface area contributed by atoms with Crippen molar-refractivity contribution >= 4 is 11.9 Å². The minimum absolute atomic E-state index is 0.111. The topological polar surface area (TPSA) is 66.4 Å². The summed E-state index contributed by atoms with van der Waals surface area (Å²) >= 11 is 0. The van der Waals surface area contributed by atoms with E-state index in [9.17, 15) is 9.59 Å². The largest absolute Gasteiger partial charge is 0.477 e. The van der Waals surface area contributed by atoms with E-state index < -0.39 is 5.97 Å². The number of unbranched alkanes of at least 4 members (excludes halogenated alkanes) is 3. The molecule has 0 atom stereocenters. The van der Waals surface area contributed by atoms with Crippen LogP contribution in [0.15, 0.2) is 0 Å². The van der Waals surface area contributed by atoms with Gasteiger partial charge in [0.15, 0.2) is 6.54 Å². The molecule has 0 aromatic rings. The second kappa shape index (κ2) is 9.78. The van der Waals surface area contributed by atoms with E-state index in [0.29, 0.717) is 17.4 Å². The van der Waals surface area contributed by atoms with Gasteiger partial charge in [-0.15, -0.1) is 0 Å². The second-order valence-corrected chi connectivity index (χ2v) is 5.73. The molecular weight excluding hydrogens is 244 g/mol. The van der Waals surface area contributed by atoms with Gasteiger partial charge in [-0.05, 0) is 6.42 Å². The van der Waals surface area contributed by atoms with Crippen LogP contribution in [0.2, 0.25) is 0 Å². The highest BCUT2D eigenvalue weighted by Gasteiger charge is 2.18. The average Bonchev–Trinajstić information content (AvgIpc) is 2.29. The summed E-state index contributed by atoms with van der Waals surface area (Å²) in [5.41, 5.74) is 0. The van der Waals surface area contributed by atoms with Crippen LogP contribution in [0.1, 0.15) is 45.4 Å². The molecule has 0 rings (SSSR count). The summed E-state index contributed by atoms with van der Waals surface area (Å²) in [5, 5.41) is 11.6. The SMILES string of the molecule is CCCCCCC(=O)NCCC[N+](C)(C)CC(=O)O. The minimum Gasteiger partial charge on any atom is -0.477 e. The van der Waals surface area contributed by atoms with Gasteiger partial charge in [0.05, 0.1) is 20.6 Å². The zero-order chi connectivity index (χ0) is 14.7. The zero-order valence-electron chi connectivity index (χ0n) is 12.6. The van der Waals surface area contributed by atoms with Crippen LogP contribution in [0.25, 0.3) is 0 Å². The maximum Gasteiger partial charge on any atom is 0.359 e. The third kappa shape index (κ3) is 11.7. The molecule has 0 bridgehead atoms. The van der Waals surface area contributed by atoms with Crippen molar-refractivity contribution in [2.45, 2.75) is 45.4 Å². The van der Waals surface area contributed by atoms with E-state index in [-0.39, 0.29) is 12.5 Å². The first-order valence-corrected chi connectivity index (χ1v) is 7.18. The molecular formula is C14H29N2O3+. The van der Waals surface area contributed by atoms with Crippen LogP contribution < -0.4 is 5.32 Å². The van der Waals surface area contributed by atoms with E-state index in [1.165, 1.54) is 12.8 Å². The number of aliphatic carboxylic acids is 1. The molecule has 0 saturated carbocycles. The highest BCUT2D eigenvalue weighted by atomic mass is 16.4. The number of carboxylic acids is 1. The molecule has 19 heavy (non-hydrogen) atoms. The number of hydrogen-bond acceptors (Lipinski definition) is 2. The molecule has 1 amide bonds. The van der Waals surface area contributed by atoms with Crippen molar-refractivity contribution in [2.75, 3.05) is 33.7 Å². The van der Waals surface area contributed by atoms with Crippen molar-refractivity contribution < 1.29 is 19.2 Å². The zero-order valence-corrected chi connectivity index (χ0v) is 12.6. The number of carbonyl (C=O) groups is 2. The third-order valence-electron chi connectivity index (χ3n) is 3.08. The van der Waals surface area contributed by atoms with Gasteiger partial charge in [-0.25, -0.2) is 4.79 Å². The molecule has 0 heterocycles. The first kappa shape index (κ1) is 17.9. The Bertz CT molecular complexity index is 278. The van der Waals surface area contributed by atoms with Crippen LogP contribution in [0.4, 0.5) is 0 Å². The summed E-state index contributed by atoms with van der Waals surface area (Å²) in [4.78, 5) is 22.1. The molecule has 0 radical (unpaired) electrons. The van der Waals surface area contributed by atoms with Gasteiger partial charge in [-0.3, -0.25) is 4.79 Å². The molecule has 2 N–H and O–H groups in total. The standard InChI is InChI=1S/C14H28N2O3/c1-4-5-6-7-9-13(17)15-10-8-11-16(2,3)12-14(18)19/h4-12H2,1-3H3,(H-,15,17,18,19)/p+1. The lowest BCUT2D eigenvalue weighted by molar-refractivity contribution is -0.883. The van der Waals surface area contributed by atoms with Gasteiger partial charge in [0.2, 0.25) is 5.91 Å². The Morgan fingerprint density at radius 2 is 1.79 bits per heavy atom. The van der Waals surface area contributed by atoms with Crippen molar-refractivity contribution in [2.24, 2.45) is 0 Å². The van der Waals surface area contributed by atoms with Crippen LogP contribution in [-0.4, -0.2) is 55.2 Å². The summed E-state index contributed by atoms with van der Waals surface area (Å²) < 4.78 is 0.446. The average molecular weight is 273 g/mol. The van der Waals surface area contributed by atoms with Gasteiger partial charge < -0.3 is 14.9 Å². The predicted molar refractivity (Wildman–Crippen MR) is 75.9 cm³/mol. The van der Waals surface area contributed by atoms with Crippen molar-refractivity contribution in [3.05, 3.63) is 0 Å². The second-order valence-electron chi connectivity index (χ2n) is 5.73. The number of rotatable bonds is 11. The first-order chi connectivity index (χ1) is 8.87. The van der Waals surface area contributed by atoms with E-state index in [0.717, 1.165) is 25.8 Å². The van der Waals surface area contributed by atoms with Gasteiger partial charge in [-0.1, -0.05) is 26.2 Å². The van der Waals surface area contributed by atoms with E-state index in [4.69, 9.17) is 5.11 Å². The Morgan fingerprint density at radius 3 is 2.37 bits per heavy atom. The molecule has 0 unspecified atom stereocenters. The van der Waals surface area contributed by atoms with Crippen LogP contribution in [0.5, 0.6) is 0 Å². The highest BCUT2D eigenvalue weighted by molar-refractivity contribution is 5.75. The summed E-state index contributed by atoms with van der Waals surface area (Å²) in [6, 6.07) is 0. The van der Waals surface area contributed by atoms with Crippen molar-refractivity contribution in [3.8, 4) is 0 Å². The fourth-order valence-corrected chi connectivity index (χ4v) is 1.98. The fraction of sp³-hybridized carbons (Fsp3) is 0.857. The number of carbonyl (C=O) groups excluding carboxylic acids is 1. The van der Waals surface area contributed by atoms with Gasteiger partial charge in [0.25, 0.3) is 0 Å². The number of nitrogens with zero attached hydrogens (tertiary/aromatic N) is 1. The minimum atomic E-state index is -0.787. The number of hydrogen-bond donors (Lipinski definition) is 2. The lowest BCUT2D eigenvalue weighted by atomic mass is 10.1. The normalized spacial score (nSPS) is 11.3. The van der Waals surface area contributed by atoms with Crippen molar-refractivity contribution in [3.63, 3.8) is 0 Å². The summed E-state index contributed by atoms with van der Waals surface area (Å²) in [5.74, 6) is -0.676. The number of quaternary nitrogens is 1. The third-order valence-corrected chi connectivity index (χ3v) is 3.08. The molecule has 0 fully saturated rings. The summed E-state index contributed by atoms with van der Waals surface area (Å²) in [6.07, 6.45) is 5.85. The van der Waals surface area contributed by atoms with Crippen LogP contribution >= 0.6 is 0 Å². The molecule has 0 aliphatic heterocycles. The Labute approximate surface area is 116 Å². The van der Waals surface area contributed by atoms with E-state index in [1.54, 1.807) is 0 Å². The monoisotopic (exact) mass is 273 g/mol. The Kier molecular flexibility index (Phi) is 9.21. The lowest BCUT2D eigenvalue weighted by Gasteiger charge is -2.27. The molecule has 5 nitrogen and oxygen atoms in total. The molecule has 0 aliphatic rings. The number of carboxylic acid groups (broad SMARTS) is 1. The highest BCUT2D eigenvalue weighted by Crippen LogP contribution is 2.02. The van der Waals surface area contributed by atoms with Crippen LogP contribution in [-0.2, 0) is 9.59 Å². The quantitative estimate of drug-likeness (QED) is 0.444. The van der Waals surface area contributed by atoms with Crippen LogP contribution in [0, 0.1) is 0 Å². The van der Waals surface area contributed by atoms with Crippen molar-refractivity contribution in [1.29, 1.82) is 0 Å². The molecule has 0 aliphatic carbocycles. The number of likely N-dealkylation sites (N-methyl/N-ethyl adjacent to an activating group) is 1. The Hall–Kier alpha value is -1.10. The van der Waals surface area contributed by atoms with Gasteiger partial charge in [-0.2, -0.15) is 0 Å². The molecule has 0 aromatic heterocycles. The summed E-state index contributed by atoms with van der Waals surface area (Å²) in [6.45, 7) is 3.65. The fourth-order valence-electron chi connectivity index (χ4n) is 1.98. The van der Waals surface area contributed by atoms with Crippen LogP contribution in [0.3, 0.4) is 0 Å². The van der Waals surface area contributed by atoms with Gasteiger partial charge in [0, 0.05) is 19.4 Å². The smallest absolute Gasteiger partial charge is 0.359 e. The van der Waals surface area contributed by atoms with E-state index >= 15 is 0 Å². The molecule has 0 spiro atoms. The number of nitrogens with one attached hydrogen (secondary N) is 1. The van der Waals surface area contributed by atoms with Gasteiger partial charge >= 0.3 is 5.97 Å². The maximum atomic E-state index is 11.5. The lowest BCUT2D eigenvalue weighted by Crippen LogP contribution is -2.45. The van der Waals surface area contributed by atoms with Crippen molar-refractivity contribution in [1.82, 2.24) is 5.32 Å².